The maximum absolute atomic E-state index is 11.1. The summed E-state index contributed by atoms with van der Waals surface area (Å²) in [5.41, 5.74) is 1.68. The zero-order valence-electron chi connectivity index (χ0n) is 10.5. The molecule has 2 N–H and O–H groups in total. The summed E-state index contributed by atoms with van der Waals surface area (Å²) in [5.74, 6) is 0. The molecule has 4 nitrogen and oxygen atoms in total. The van der Waals surface area contributed by atoms with Gasteiger partial charge in [0.05, 0.1) is 6.26 Å². The SMILES string of the molecule is CCCNC(C)c1cccc(NS(C)(=O)=O)c1. The predicted octanol–water partition coefficient (Wildman–Crippen LogP) is 2.12. The van der Waals surface area contributed by atoms with Crippen molar-refractivity contribution in [1.29, 1.82) is 0 Å². The molecule has 0 aliphatic heterocycles. The molecule has 0 fully saturated rings. The van der Waals surface area contributed by atoms with E-state index in [1.165, 1.54) is 0 Å². The fourth-order valence-electron chi connectivity index (χ4n) is 1.56. The molecule has 0 aliphatic rings. The summed E-state index contributed by atoms with van der Waals surface area (Å²) in [7, 11) is -3.21. The molecule has 0 saturated carbocycles. The lowest BCUT2D eigenvalue weighted by atomic mass is 10.1. The average molecular weight is 256 g/mol. The molecule has 0 aliphatic carbocycles. The van der Waals surface area contributed by atoms with Crippen molar-refractivity contribution in [2.45, 2.75) is 26.3 Å². The smallest absolute Gasteiger partial charge is 0.229 e. The predicted molar refractivity (Wildman–Crippen MR) is 71.6 cm³/mol. The van der Waals surface area contributed by atoms with E-state index in [0.29, 0.717) is 5.69 Å². The summed E-state index contributed by atoms with van der Waals surface area (Å²) >= 11 is 0. The molecule has 0 bridgehead atoms. The van der Waals surface area contributed by atoms with Gasteiger partial charge in [-0.15, -0.1) is 0 Å². The Morgan fingerprint density at radius 3 is 2.65 bits per heavy atom. The topological polar surface area (TPSA) is 58.2 Å². The molecule has 0 saturated heterocycles. The van der Waals surface area contributed by atoms with Crippen LogP contribution in [0.15, 0.2) is 24.3 Å². The molecule has 0 aromatic heterocycles. The van der Waals surface area contributed by atoms with Crippen LogP contribution in [0.25, 0.3) is 0 Å². The van der Waals surface area contributed by atoms with Crippen molar-refractivity contribution in [2.24, 2.45) is 0 Å². The van der Waals surface area contributed by atoms with E-state index in [1.807, 2.05) is 18.2 Å². The summed E-state index contributed by atoms with van der Waals surface area (Å²) in [6.45, 7) is 5.13. The van der Waals surface area contributed by atoms with Gasteiger partial charge in [-0.05, 0) is 37.6 Å². The molecule has 0 spiro atoms. The summed E-state index contributed by atoms with van der Waals surface area (Å²) in [4.78, 5) is 0. The number of benzene rings is 1. The van der Waals surface area contributed by atoms with Crippen molar-refractivity contribution in [2.75, 3.05) is 17.5 Å². The number of hydrogen-bond acceptors (Lipinski definition) is 3. The normalized spacial score (nSPS) is 13.4. The Kier molecular flexibility index (Phi) is 4.96. The Morgan fingerprint density at radius 1 is 1.35 bits per heavy atom. The fraction of sp³-hybridized carbons (Fsp3) is 0.500. The lowest BCUT2D eigenvalue weighted by Gasteiger charge is -2.14. The van der Waals surface area contributed by atoms with Gasteiger partial charge < -0.3 is 5.32 Å². The maximum atomic E-state index is 11.1. The third kappa shape index (κ3) is 5.19. The van der Waals surface area contributed by atoms with Crippen LogP contribution < -0.4 is 10.0 Å². The molecule has 1 atom stereocenters. The molecule has 1 rings (SSSR count). The van der Waals surface area contributed by atoms with E-state index in [9.17, 15) is 8.42 Å². The molecule has 96 valence electrons. The van der Waals surface area contributed by atoms with Crippen molar-refractivity contribution < 1.29 is 8.42 Å². The van der Waals surface area contributed by atoms with Crippen LogP contribution in [0.4, 0.5) is 5.69 Å². The van der Waals surface area contributed by atoms with Gasteiger partial charge in [0.25, 0.3) is 0 Å². The summed E-state index contributed by atoms with van der Waals surface area (Å²) in [6.07, 6.45) is 2.23. The van der Waals surface area contributed by atoms with Crippen LogP contribution in [0.2, 0.25) is 0 Å². The quantitative estimate of drug-likeness (QED) is 0.819. The summed E-state index contributed by atoms with van der Waals surface area (Å²) in [5, 5.41) is 3.36. The monoisotopic (exact) mass is 256 g/mol. The molecular formula is C12H20N2O2S. The van der Waals surface area contributed by atoms with Gasteiger partial charge in [-0.1, -0.05) is 19.1 Å². The molecule has 0 amide bonds. The first-order valence-electron chi connectivity index (χ1n) is 5.73. The third-order valence-electron chi connectivity index (χ3n) is 2.39. The Hall–Kier alpha value is -1.07. The molecule has 1 aromatic rings. The highest BCUT2D eigenvalue weighted by molar-refractivity contribution is 7.92. The maximum Gasteiger partial charge on any atom is 0.229 e. The highest BCUT2D eigenvalue weighted by Gasteiger charge is 2.06. The van der Waals surface area contributed by atoms with E-state index in [4.69, 9.17) is 0 Å². The highest BCUT2D eigenvalue weighted by atomic mass is 32.2. The minimum absolute atomic E-state index is 0.219. The molecule has 1 unspecified atom stereocenters. The molecule has 0 heterocycles. The standard InChI is InChI=1S/C12H20N2O2S/c1-4-8-13-10(2)11-6-5-7-12(9-11)14-17(3,15)16/h5-7,9-10,13-14H,4,8H2,1-3H3. The van der Waals surface area contributed by atoms with Gasteiger partial charge in [0.15, 0.2) is 0 Å². The van der Waals surface area contributed by atoms with Gasteiger partial charge in [-0.2, -0.15) is 0 Å². The molecule has 1 aromatic carbocycles. The van der Waals surface area contributed by atoms with Crippen LogP contribution in [0.1, 0.15) is 31.9 Å². The average Bonchev–Trinajstić information content (AvgIpc) is 2.24. The lowest BCUT2D eigenvalue weighted by Crippen LogP contribution is -2.19. The van der Waals surface area contributed by atoms with Crippen molar-refractivity contribution in [3.05, 3.63) is 29.8 Å². The molecule has 5 heteroatoms. The fourth-order valence-corrected chi connectivity index (χ4v) is 2.12. The van der Waals surface area contributed by atoms with Crippen molar-refractivity contribution >= 4 is 15.7 Å². The third-order valence-corrected chi connectivity index (χ3v) is 3.00. The van der Waals surface area contributed by atoms with Gasteiger partial charge in [-0.25, -0.2) is 8.42 Å². The zero-order valence-corrected chi connectivity index (χ0v) is 11.3. The molecule has 17 heavy (non-hydrogen) atoms. The van der Waals surface area contributed by atoms with Crippen LogP contribution >= 0.6 is 0 Å². The van der Waals surface area contributed by atoms with E-state index in [1.54, 1.807) is 6.07 Å². The molecule has 0 radical (unpaired) electrons. The van der Waals surface area contributed by atoms with Crippen molar-refractivity contribution in [1.82, 2.24) is 5.32 Å². The van der Waals surface area contributed by atoms with E-state index in [-0.39, 0.29) is 6.04 Å². The van der Waals surface area contributed by atoms with Crippen LogP contribution in [0.3, 0.4) is 0 Å². The van der Waals surface area contributed by atoms with Crippen LogP contribution in [0.5, 0.6) is 0 Å². The summed E-state index contributed by atoms with van der Waals surface area (Å²) < 4.78 is 24.7. The van der Waals surface area contributed by atoms with Gasteiger partial charge in [0.1, 0.15) is 0 Å². The number of rotatable bonds is 6. The van der Waals surface area contributed by atoms with E-state index >= 15 is 0 Å². The van der Waals surface area contributed by atoms with E-state index in [0.717, 1.165) is 24.8 Å². The van der Waals surface area contributed by atoms with Gasteiger partial charge in [0, 0.05) is 11.7 Å². The lowest BCUT2D eigenvalue weighted by molar-refractivity contribution is 0.571. The minimum atomic E-state index is -3.21. The Balaban J connectivity index is 2.78. The second-order valence-corrected chi connectivity index (χ2v) is 5.92. The van der Waals surface area contributed by atoms with Crippen molar-refractivity contribution in [3.63, 3.8) is 0 Å². The zero-order chi connectivity index (χ0) is 12.9. The van der Waals surface area contributed by atoms with Crippen molar-refractivity contribution in [3.8, 4) is 0 Å². The van der Waals surface area contributed by atoms with Crippen LogP contribution in [-0.4, -0.2) is 21.2 Å². The largest absolute Gasteiger partial charge is 0.310 e. The van der Waals surface area contributed by atoms with E-state index in [2.05, 4.69) is 23.9 Å². The minimum Gasteiger partial charge on any atom is -0.310 e. The second-order valence-electron chi connectivity index (χ2n) is 4.18. The number of nitrogens with one attached hydrogen (secondary N) is 2. The Bertz CT molecular complexity index is 457. The number of hydrogen-bond donors (Lipinski definition) is 2. The van der Waals surface area contributed by atoms with E-state index < -0.39 is 10.0 Å². The number of anilines is 1. The first kappa shape index (κ1) is 14.0. The van der Waals surface area contributed by atoms with Gasteiger partial charge in [-0.3, -0.25) is 4.72 Å². The van der Waals surface area contributed by atoms with Crippen LogP contribution in [-0.2, 0) is 10.0 Å². The highest BCUT2D eigenvalue weighted by Crippen LogP contribution is 2.17. The second kappa shape index (κ2) is 6.02. The first-order valence-corrected chi connectivity index (χ1v) is 7.62. The first-order chi connectivity index (χ1) is 7.92. The Morgan fingerprint density at radius 2 is 2.06 bits per heavy atom. The number of sulfonamides is 1. The molecular weight excluding hydrogens is 236 g/mol. The van der Waals surface area contributed by atoms with Gasteiger partial charge in [0.2, 0.25) is 10.0 Å². The summed E-state index contributed by atoms with van der Waals surface area (Å²) in [6, 6.07) is 7.66. The Labute approximate surface area is 103 Å². The van der Waals surface area contributed by atoms with Crippen LogP contribution in [0, 0.1) is 0 Å². The van der Waals surface area contributed by atoms with Gasteiger partial charge >= 0.3 is 0 Å².